The van der Waals surface area contributed by atoms with E-state index in [-0.39, 0.29) is 12.8 Å². The first-order chi connectivity index (χ1) is 12.0. The third-order valence-corrected chi connectivity index (χ3v) is 4.58. The van der Waals surface area contributed by atoms with Crippen LogP contribution in [0.25, 0.3) is 0 Å². The molecule has 0 aromatic heterocycles. The third-order valence-electron chi connectivity index (χ3n) is 4.32. The number of rotatable bonds is 2. The second-order valence-electron chi connectivity index (χ2n) is 5.99. The maximum absolute atomic E-state index is 13.1. The first kappa shape index (κ1) is 15.8. The molecule has 0 saturated carbocycles. The summed E-state index contributed by atoms with van der Waals surface area (Å²) in [5.74, 6) is -1.33. The molecule has 7 heteroatoms. The topological polar surface area (TPSA) is 59.0 Å². The Morgan fingerprint density at radius 1 is 1.04 bits per heavy atom. The first-order valence-electron chi connectivity index (χ1n) is 7.62. The molecule has 0 aliphatic carbocycles. The lowest BCUT2D eigenvalue weighted by molar-refractivity contribution is -0.136. The van der Waals surface area contributed by atoms with Crippen LogP contribution in [-0.4, -0.2) is 23.1 Å². The number of amides is 2. The van der Waals surface area contributed by atoms with Crippen molar-refractivity contribution in [2.75, 3.05) is 4.90 Å². The minimum Gasteiger partial charge on any atom is -0.378 e. The molecular weight excluding hydrogens is 347 g/mol. The summed E-state index contributed by atoms with van der Waals surface area (Å²) in [6.07, 6.45) is 0.0840. The van der Waals surface area contributed by atoms with Crippen molar-refractivity contribution in [2.24, 2.45) is 5.16 Å². The van der Waals surface area contributed by atoms with Crippen LogP contribution in [0.2, 0.25) is 5.02 Å². The number of carbonyl (C=O) groups excluding carboxylic acids is 2. The number of oxime groups is 1. The molecule has 5 nitrogen and oxygen atoms in total. The van der Waals surface area contributed by atoms with Gasteiger partial charge in [0.2, 0.25) is 11.5 Å². The molecule has 4 rings (SSSR count). The Morgan fingerprint density at radius 2 is 1.72 bits per heavy atom. The Kier molecular flexibility index (Phi) is 3.58. The normalized spacial score (nSPS) is 22.5. The molecule has 1 fully saturated rings. The van der Waals surface area contributed by atoms with E-state index in [1.54, 1.807) is 24.3 Å². The fraction of sp³-hybridized carbons (Fsp3) is 0.167. The molecule has 2 heterocycles. The molecule has 0 unspecified atom stereocenters. The zero-order chi connectivity index (χ0) is 17.6. The Hall–Kier alpha value is -2.73. The largest absolute Gasteiger partial charge is 0.378 e. The monoisotopic (exact) mass is 358 g/mol. The molecule has 1 atom stereocenters. The van der Waals surface area contributed by atoms with Crippen molar-refractivity contribution in [1.29, 1.82) is 0 Å². The molecule has 1 spiro atoms. The summed E-state index contributed by atoms with van der Waals surface area (Å²) >= 11 is 5.88. The maximum atomic E-state index is 13.1. The summed E-state index contributed by atoms with van der Waals surface area (Å²) in [5.41, 5.74) is 0.345. The van der Waals surface area contributed by atoms with Crippen LogP contribution in [0.3, 0.4) is 0 Å². The molecule has 2 amide bonds. The van der Waals surface area contributed by atoms with Gasteiger partial charge in [-0.1, -0.05) is 28.9 Å². The second kappa shape index (κ2) is 5.67. The number of anilines is 1. The van der Waals surface area contributed by atoms with Crippen LogP contribution in [-0.2, 0) is 14.4 Å². The van der Waals surface area contributed by atoms with Crippen LogP contribution in [0, 0.1) is 5.82 Å². The quantitative estimate of drug-likeness (QED) is 0.774. The minimum atomic E-state index is -1.33. The molecule has 1 saturated heterocycles. The van der Waals surface area contributed by atoms with Gasteiger partial charge >= 0.3 is 0 Å². The van der Waals surface area contributed by atoms with Gasteiger partial charge < -0.3 is 4.84 Å². The predicted octanol–water partition coefficient (Wildman–Crippen LogP) is 3.31. The van der Waals surface area contributed by atoms with Gasteiger partial charge in [-0.05, 0) is 42.0 Å². The van der Waals surface area contributed by atoms with E-state index in [9.17, 15) is 14.0 Å². The summed E-state index contributed by atoms with van der Waals surface area (Å²) in [6.45, 7) is 0. The molecule has 2 aliphatic rings. The van der Waals surface area contributed by atoms with E-state index in [1.165, 1.54) is 24.3 Å². The van der Waals surface area contributed by atoms with Crippen molar-refractivity contribution in [3.8, 4) is 0 Å². The summed E-state index contributed by atoms with van der Waals surface area (Å²) in [5, 5.41) is 4.60. The van der Waals surface area contributed by atoms with E-state index in [2.05, 4.69) is 5.16 Å². The van der Waals surface area contributed by atoms with Crippen LogP contribution in [0.15, 0.2) is 53.7 Å². The zero-order valence-electron chi connectivity index (χ0n) is 12.9. The number of nitrogens with zero attached hydrogens (tertiary/aromatic N) is 2. The van der Waals surface area contributed by atoms with Crippen molar-refractivity contribution in [1.82, 2.24) is 0 Å². The van der Waals surface area contributed by atoms with Gasteiger partial charge in [-0.25, -0.2) is 9.29 Å². The van der Waals surface area contributed by atoms with Crippen molar-refractivity contribution in [3.63, 3.8) is 0 Å². The SMILES string of the molecule is O=C1C[C@@]2(CC(c3ccc(Cl)cc3)=NO2)C(=O)N1c1ccc(F)cc1. The van der Waals surface area contributed by atoms with E-state index in [4.69, 9.17) is 16.4 Å². The van der Waals surface area contributed by atoms with Gasteiger partial charge in [0.1, 0.15) is 5.82 Å². The average molecular weight is 359 g/mol. The smallest absolute Gasteiger partial charge is 0.281 e. The van der Waals surface area contributed by atoms with Crippen LogP contribution in [0.1, 0.15) is 18.4 Å². The highest BCUT2D eigenvalue weighted by molar-refractivity contribution is 6.30. The van der Waals surface area contributed by atoms with Crippen molar-refractivity contribution in [3.05, 3.63) is 64.9 Å². The van der Waals surface area contributed by atoms with Gasteiger partial charge in [-0.3, -0.25) is 9.59 Å². The fourth-order valence-corrected chi connectivity index (χ4v) is 3.18. The van der Waals surface area contributed by atoms with Crippen LogP contribution in [0.4, 0.5) is 10.1 Å². The Balaban J connectivity index is 1.60. The summed E-state index contributed by atoms with van der Waals surface area (Å²) in [7, 11) is 0. The fourth-order valence-electron chi connectivity index (χ4n) is 3.05. The van der Waals surface area contributed by atoms with Gasteiger partial charge in [0.25, 0.3) is 5.91 Å². The van der Waals surface area contributed by atoms with E-state index in [0.717, 1.165) is 10.5 Å². The highest BCUT2D eigenvalue weighted by Crippen LogP contribution is 2.39. The average Bonchev–Trinajstić information content (AvgIpc) is 3.12. The highest BCUT2D eigenvalue weighted by Gasteiger charge is 2.58. The molecule has 2 aromatic rings. The molecule has 2 aromatic carbocycles. The first-order valence-corrected chi connectivity index (χ1v) is 8.00. The van der Waals surface area contributed by atoms with E-state index in [1.807, 2.05) is 0 Å². The Morgan fingerprint density at radius 3 is 2.40 bits per heavy atom. The summed E-state index contributed by atoms with van der Waals surface area (Å²) in [6, 6.07) is 12.2. The van der Waals surface area contributed by atoms with Gasteiger partial charge in [0.05, 0.1) is 17.8 Å². The molecule has 0 N–H and O–H groups in total. The lowest BCUT2D eigenvalue weighted by atomic mass is 9.92. The van der Waals surface area contributed by atoms with E-state index in [0.29, 0.717) is 16.4 Å². The van der Waals surface area contributed by atoms with Gasteiger partial charge in [0.15, 0.2) is 0 Å². The lowest BCUT2D eigenvalue weighted by Gasteiger charge is -2.19. The Labute approximate surface area is 147 Å². The molecule has 0 bridgehead atoms. The molecular formula is C18H12ClFN2O3. The number of benzene rings is 2. The second-order valence-corrected chi connectivity index (χ2v) is 6.43. The number of carbonyl (C=O) groups is 2. The lowest BCUT2D eigenvalue weighted by Crippen LogP contribution is -2.40. The number of halogens is 2. The summed E-state index contributed by atoms with van der Waals surface area (Å²) < 4.78 is 13.1. The third kappa shape index (κ3) is 2.59. The number of hydrogen-bond acceptors (Lipinski definition) is 4. The van der Waals surface area contributed by atoms with Gasteiger partial charge in [-0.15, -0.1) is 0 Å². The predicted molar refractivity (Wildman–Crippen MR) is 89.9 cm³/mol. The number of imide groups is 1. The van der Waals surface area contributed by atoms with Crippen LogP contribution >= 0.6 is 11.6 Å². The molecule has 0 radical (unpaired) electrons. The van der Waals surface area contributed by atoms with Crippen LogP contribution < -0.4 is 4.90 Å². The minimum absolute atomic E-state index is 0.107. The highest BCUT2D eigenvalue weighted by atomic mass is 35.5. The van der Waals surface area contributed by atoms with Crippen LogP contribution in [0.5, 0.6) is 0 Å². The Bertz CT molecular complexity index is 896. The molecule has 25 heavy (non-hydrogen) atoms. The van der Waals surface area contributed by atoms with Gasteiger partial charge in [0, 0.05) is 11.4 Å². The standard InChI is InChI=1S/C18H12ClFN2O3/c19-12-3-1-11(2-4-12)15-9-18(25-21-15)10-16(23)22(17(18)24)14-7-5-13(20)6-8-14/h1-8H,9-10H2/t18-/m0/s1. The zero-order valence-corrected chi connectivity index (χ0v) is 13.7. The van der Waals surface area contributed by atoms with Crippen molar-refractivity contribution >= 4 is 34.8 Å². The van der Waals surface area contributed by atoms with Crippen molar-refractivity contribution < 1.29 is 18.8 Å². The number of hydrogen-bond donors (Lipinski definition) is 0. The van der Waals surface area contributed by atoms with E-state index >= 15 is 0 Å². The van der Waals surface area contributed by atoms with Gasteiger partial charge in [-0.2, -0.15) is 0 Å². The molecule has 126 valence electrons. The molecule has 2 aliphatic heterocycles. The van der Waals surface area contributed by atoms with Crippen molar-refractivity contribution in [2.45, 2.75) is 18.4 Å². The van der Waals surface area contributed by atoms with E-state index < -0.39 is 23.2 Å². The summed E-state index contributed by atoms with van der Waals surface area (Å²) in [4.78, 5) is 31.7. The maximum Gasteiger partial charge on any atom is 0.281 e.